The van der Waals surface area contributed by atoms with Gasteiger partial charge in [0.2, 0.25) is 0 Å². The van der Waals surface area contributed by atoms with Crippen LogP contribution in [0.3, 0.4) is 0 Å². The van der Waals surface area contributed by atoms with Crippen LogP contribution in [0.2, 0.25) is 0 Å². The number of amides is 1. The Morgan fingerprint density at radius 1 is 1.26 bits per heavy atom. The average Bonchev–Trinajstić information content (AvgIpc) is 3.37. The number of aryl methyl sites for hydroxylation is 1. The van der Waals surface area contributed by atoms with Gasteiger partial charge in [0.25, 0.3) is 5.91 Å². The van der Waals surface area contributed by atoms with Gasteiger partial charge in [0, 0.05) is 50.2 Å². The van der Waals surface area contributed by atoms with Crippen LogP contribution in [0.5, 0.6) is 0 Å². The fourth-order valence-electron chi connectivity index (χ4n) is 3.69. The maximum Gasteiger partial charge on any atom is 0.276 e. The summed E-state index contributed by atoms with van der Waals surface area (Å²) in [6.45, 7) is 4.14. The number of rotatable bonds is 5. The molecule has 3 aromatic rings. The maximum absolute atomic E-state index is 12.7. The fourth-order valence-corrected chi connectivity index (χ4v) is 3.69. The number of piperidine rings is 1. The maximum atomic E-state index is 12.7. The summed E-state index contributed by atoms with van der Waals surface area (Å²) in [5.41, 5.74) is 1.61. The molecule has 0 atom stereocenters. The third kappa shape index (κ3) is 3.63. The van der Waals surface area contributed by atoms with Crippen LogP contribution in [0.1, 0.15) is 53.3 Å². The van der Waals surface area contributed by atoms with Crippen molar-refractivity contribution in [3.05, 3.63) is 66.2 Å². The topological polar surface area (TPSA) is 77.0 Å². The fraction of sp³-hybridized carbons (Fsp3) is 0.400. The molecule has 1 fully saturated rings. The molecule has 0 spiro atoms. The number of pyridine rings is 1. The van der Waals surface area contributed by atoms with Crippen LogP contribution < -0.4 is 0 Å². The van der Waals surface area contributed by atoms with E-state index in [1.54, 1.807) is 6.20 Å². The molecule has 27 heavy (non-hydrogen) atoms. The first-order valence-electron chi connectivity index (χ1n) is 9.37. The van der Waals surface area contributed by atoms with Crippen molar-refractivity contribution in [2.24, 2.45) is 0 Å². The minimum atomic E-state index is -0.0299. The first kappa shape index (κ1) is 17.5. The summed E-state index contributed by atoms with van der Waals surface area (Å²) in [7, 11) is 0. The van der Waals surface area contributed by atoms with Crippen LogP contribution in [0.25, 0.3) is 0 Å². The van der Waals surface area contributed by atoms with Crippen LogP contribution in [0, 0.1) is 0 Å². The molecule has 0 aromatic carbocycles. The molecular weight excluding hydrogens is 342 g/mol. The summed E-state index contributed by atoms with van der Waals surface area (Å²) in [6, 6.07) is 4.02. The number of nitrogens with zero attached hydrogens (tertiary/aromatic N) is 5. The summed E-state index contributed by atoms with van der Waals surface area (Å²) in [6.07, 6.45) is 11.4. The van der Waals surface area contributed by atoms with Gasteiger partial charge >= 0.3 is 0 Å². The zero-order valence-electron chi connectivity index (χ0n) is 15.4. The van der Waals surface area contributed by atoms with E-state index in [1.807, 2.05) is 36.5 Å². The lowest BCUT2D eigenvalue weighted by Gasteiger charge is -2.31. The first-order chi connectivity index (χ1) is 13.3. The van der Waals surface area contributed by atoms with Gasteiger partial charge in [-0.3, -0.25) is 9.78 Å². The highest BCUT2D eigenvalue weighted by Crippen LogP contribution is 2.28. The first-order valence-corrected chi connectivity index (χ1v) is 9.37. The van der Waals surface area contributed by atoms with Gasteiger partial charge in [0.1, 0.15) is 11.6 Å². The zero-order chi connectivity index (χ0) is 18.6. The zero-order valence-corrected chi connectivity index (χ0v) is 15.4. The average molecular weight is 365 g/mol. The molecule has 4 rings (SSSR count). The molecule has 1 saturated heterocycles. The summed E-state index contributed by atoms with van der Waals surface area (Å²) in [5, 5.41) is 0. The van der Waals surface area contributed by atoms with Crippen molar-refractivity contribution in [1.82, 2.24) is 24.4 Å². The number of imidazole rings is 1. The van der Waals surface area contributed by atoms with Crippen LogP contribution in [-0.2, 0) is 13.0 Å². The Morgan fingerprint density at radius 3 is 2.85 bits per heavy atom. The van der Waals surface area contributed by atoms with Crippen LogP contribution in [-0.4, -0.2) is 43.4 Å². The van der Waals surface area contributed by atoms with E-state index in [0.717, 1.165) is 30.8 Å². The number of carbonyl (C=O) groups excluding carboxylic acids is 1. The summed E-state index contributed by atoms with van der Waals surface area (Å²) < 4.78 is 7.49. The van der Waals surface area contributed by atoms with Crippen molar-refractivity contribution in [2.45, 2.75) is 38.6 Å². The van der Waals surface area contributed by atoms with E-state index in [1.165, 1.54) is 6.39 Å². The van der Waals surface area contributed by atoms with E-state index < -0.39 is 0 Å². The number of aromatic nitrogens is 4. The number of hydrogen-bond donors (Lipinski definition) is 0. The lowest BCUT2D eigenvalue weighted by molar-refractivity contribution is 0.0703. The Labute approximate surface area is 158 Å². The predicted molar refractivity (Wildman–Crippen MR) is 99.3 cm³/mol. The van der Waals surface area contributed by atoms with Crippen molar-refractivity contribution < 1.29 is 9.21 Å². The van der Waals surface area contributed by atoms with E-state index in [-0.39, 0.29) is 5.91 Å². The van der Waals surface area contributed by atoms with Crippen LogP contribution in [0.15, 0.2) is 47.7 Å². The Kier molecular flexibility index (Phi) is 5.00. The number of oxazole rings is 1. The lowest BCUT2D eigenvalue weighted by atomic mass is 9.95. The quantitative estimate of drug-likeness (QED) is 0.695. The van der Waals surface area contributed by atoms with Crippen molar-refractivity contribution in [1.29, 1.82) is 0 Å². The number of carbonyl (C=O) groups is 1. The van der Waals surface area contributed by atoms with E-state index >= 15 is 0 Å². The monoisotopic (exact) mass is 365 g/mol. The minimum absolute atomic E-state index is 0.0299. The molecule has 0 bridgehead atoms. The molecule has 0 unspecified atom stereocenters. The van der Waals surface area contributed by atoms with Crippen molar-refractivity contribution >= 4 is 5.91 Å². The molecule has 7 heteroatoms. The second-order valence-electron chi connectivity index (χ2n) is 6.82. The predicted octanol–water partition coefficient (Wildman–Crippen LogP) is 2.90. The second-order valence-corrected chi connectivity index (χ2v) is 6.82. The van der Waals surface area contributed by atoms with Crippen molar-refractivity contribution in [3.8, 4) is 0 Å². The highest BCUT2D eigenvalue weighted by atomic mass is 16.3. The second kappa shape index (κ2) is 7.73. The molecule has 4 heterocycles. The highest BCUT2D eigenvalue weighted by molar-refractivity contribution is 5.93. The summed E-state index contributed by atoms with van der Waals surface area (Å²) in [5.74, 6) is 2.07. The van der Waals surface area contributed by atoms with Gasteiger partial charge in [-0.1, -0.05) is 13.0 Å². The van der Waals surface area contributed by atoms with Gasteiger partial charge in [0.15, 0.2) is 12.1 Å². The molecule has 1 amide bonds. The third-order valence-electron chi connectivity index (χ3n) is 5.14. The third-order valence-corrected chi connectivity index (χ3v) is 5.14. The molecule has 140 valence electrons. The van der Waals surface area contributed by atoms with Gasteiger partial charge < -0.3 is 13.9 Å². The minimum Gasteiger partial charge on any atom is -0.448 e. The van der Waals surface area contributed by atoms with Crippen molar-refractivity contribution in [2.75, 3.05) is 13.1 Å². The molecule has 0 radical (unpaired) electrons. The Hall–Kier alpha value is -2.96. The number of hydrogen-bond acceptors (Lipinski definition) is 5. The van der Waals surface area contributed by atoms with E-state index in [9.17, 15) is 4.79 Å². The van der Waals surface area contributed by atoms with Crippen molar-refractivity contribution in [3.63, 3.8) is 0 Å². The van der Waals surface area contributed by atoms with E-state index in [2.05, 4.69) is 25.6 Å². The molecule has 3 aromatic heterocycles. The standard InChI is InChI=1S/C20H23N5O2/c1-2-17-18(23-14-27-17)20(26)24-9-5-16(6-10-24)19-22-8-11-25(19)13-15-4-3-7-21-12-15/h3-4,7-8,11-12,14,16H,2,5-6,9-10,13H2,1H3. The van der Waals surface area contributed by atoms with Gasteiger partial charge in [-0.25, -0.2) is 9.97 Å². The summed E-state index contributed by atoms with van der Waals surface area (Å²) in [4.78, 5) is 27.5. The summed E-state index contributed by atoms with van der Waals surface area (Å²) >= 11 is 0. The molecule has 0 saturated carbocycles. The Morgan fingerprint density at radius 2 is 2.11 bits per heavy atom. The lowest BCUT2D eigenvalue weighted by Crippen LogP contribution is -2.39. The molecule has 7 nitrogen and oxygen atoms in total. The Balaban J connectivity index is 1.41. The molecule has 1 aliphatic heterocycles. The number of likely N-dealkylation sites (tertiary alicyclic amines) is 1. The largest absolute Gasteiger partial charge is 0.448 e. The van der Waals surface area contributed by atoms with Gasteiger partial charge in [0.05, 0.1) is 6.54 Å². The van der Waals surface area contributed by atoms with Gasteiger partial charge in [-0.15, -0.1) is 0 Å². The van der Waals surface area contributed by atoms with Gasteiger partial charge in [-0.2, -0.15) is 0 Å². The molecule has 0 aliphatic carbocycles. The highest BCUT2D eigenvalue weighted by Gasteiger charge is 2.29. The van der Waals surface area contributed by atoms with Crippen LogP contribution >= 0.6 is 0 Å². The van der Waals surface area contributed by atoms with E-state index in [4.69, 9.17) is 4.42 Å². The van der Waals surface area contributed by atoms with Crippen LogP contribution in [0.4, 0.5) is 0 Å². The molecule has 0 N–H and O–H groups in total. The molecule has 1 aliphatic rings. The normalized spacial score (nSPS) is 15.2. The molecular formula is C20H23N5O2. The van der Waals surface area contributed by atoms with Gasteiger partial charge in [-0.05, 0) is 24.5 Å². The van der Waals surface area contributed by atoms with E-state index in [0.29, 0.717) is 36.9 Å². The smallest absolute Gasteiger partial charge is 0.276 e. The Bertz CT molecular complexity index is 894. The SMILES string of the molecule is CCc1ocnc1C(=O)N1CCC(c2nccn2Cc2cccnc2)CC1.